The normalized spacial score (nSPS) is 10.7. The van der Waals surface area contributed by atoms with Gasteiger partial charge in [-0.1, -0.05) is 0 Å². The summed E-state index contributed by atoms with van der Waals surface area (Å²) >= 11 is 0. The quantitative estimate of drug-likeness (QED) is 0.638. The molecule has 0 amide bonds. The molecule has 0 bridgehead atoms. The molecule has 0 aliphatic heterocycles. The first kappa shape index (κ1) is 7.97. The molecule has 2 aromatic rings. The van der Waals surface area contributed by atoms with Gasteiger partial charge in [-0.25, -0.2) is 4.98 Å². The van der Waals surface area contributed by atoms with Gasteiger partial charge in [0.2, 0.25) is 0 Å². The molecule has 0 saturated heterocycles. The first-order valence-electron chi connectivity index (χ1n) is 4.03. The second-order valence-electron chi connectivity index (χ2n) is 3.02. The fraction of sp³-hybridized carbons (Fsp3) is 0.375. The smallest absolute Gasteiger partial charge is 0.182 e. The maximum Gasteiger partial charge on any atom is 0.182 e. The molecule has 2 heterocycles. The molecular weight excluding hydrogens is 166 g/mol. The van der Waals surface area contributed by atoms with E-state index < -0.39 is 0 Å². The molecule has 0 radical (unpaired) electrons. The third-order valence-electron chi connectivity index (χ3n) is 2.14. The topological polar surface area (TPSA) is 48.5 Å². The summed E-state index contributed by atoms with van der Waals surface area (Å²) in [6, 6.07) is 0. The Morgan fingerprint density at radius 1 is 1.23 bits per heavy atom. The van der Waals surface area contributed by atoms with Crippen molar-refractivity contribution in [2.24, 2.45) is 14.1 Å². The van der Waals surface area contributed by atoms with Crippen LogP contribution >= 0.6 is 0 Å². The molecule has 0 unspecified atom stereocenters. The minimum atomic E-state index is 0.845. The van der Waals surface area contributed by atoms with Gasteiger partial charge in [-0.2, -0.15) is 0 Å². The summed E-state index contributed by atoms with van der Waals surface area (Å²) in [7, 11) is 3.88. The van der Waals surface area contributed by atoms with E-state index >= 15 is 0 Å². The summed E-state index contributed by atoms with van der Waals surface area (Å²) < 4.78 is 3.86. The number of hydrogen-bond acceptors (Lipinski definition) is 3. The van der Waals surface area contributed by atoms with Crippen molar-refractivity contribution in [3.05, 3.63) is 18.3 Å². The molecule has 0 fully saturated rings. The highest BCUT2D eigenvalue weighted by Gasteiger charge is 2.10. The van der Waals surface area contributed by atoms with Crippen LogP contribution < -0.4 is 0 Å². The predicted octanol–water partition coefficient (Wildman–Crippen LogP) is 0.524. The molecule has 13 heavy (non-hydrogen) atoms. The molecular formula is C8H11N5. The minimum Gasteiger partial charge on any atom is -0.331 e. The van der Waals surface area contributed by atoms with E-state index in [0.29, 0.717) is 0 Å². The van der Waals surface area contributed by atoms with E-state index in [2.05, 4.69) is 15.2 Å². The first-order valence-corrected chi connectivity index (χ1v) is 4.03. The molecule has 0 aromatic carbocycles. The van der Waals surface area contributed by atoms with Crippen LogP contribution in [0.5, 0.6) is 0 Å². The highest BCUT2D eigenvalue weighted by atomic mass is 15.3. The lowest BCUT2D eigenvalue weighted by Crippen LogP contribution is -1.98. The van der Waals surface area contributed by atoms with Gasteiger partial charge in [0, 0.05) is 14.1 Å². The molecule has 0 saturated carbocycles. The molecule has 0 atom stereocenters. The number of hydrogen-bond donors (Lipinski definition) is 0. The van der Waals surface area contributed by atoms with Crippen LogP contribution in [0.3, 0.4) is 0 Å². The van der Waals surface area contributed by atoms with Crippen LogP contribution in [-0.4, -0.2) is 24.3 Å². The minimum absolute atomic E-state index is 0.845. The Bertz CT molecular complexity index is 425. The van der Waals surface area contributed by atoms with Crippen molar-refractivity contribution in [3.8, 4) is 11.5 Å². The van der Waals surface area contributed by atoms with E-state index in [4.69, 9.17) is 0 Å². The summed E-state index contributed by atoms with van der Waals surface area (Å²) in [6.07, 6.45) is 3.53. The average Bonchev–Trinajstić information content (AvgIpc) is 2.62. The molecule has 0 aliphatic rings. The van der Waals surface area contributed by atoms with E-state index in [0.717, 1.165) is 17.3 Å². The van der Waals surface area contributed by atoms with Crippen molar-refractivity contribution in [2.75, 3.05) is 0 Å². The zero-order valence-corrected chi connectivity index (χ0v) is 7.89. The highest BCUT2D eigenvalue weighted by Crippen LogP contribution is 2.14. The second-order valence-corrected chi connectivity index (χ2v) is 3.02. The fourth-order valence-corrected chi connectivity index (χ4v) is 1.20. The van der Waals surface area contributed by atoms with Crippen LogP contribution in [0, 0.1) is 6.92 Å². The Morgan fingerprint density at radius 3 is 2.46 bits per heavy atom. The number of rotatable bonds is 1. The molecule has 0 N–H and O–H groups in total. The summed E-state index contributed by atoms with van der Waals surface area (Å²) in [5.41, 5.74) is 0.975. The lowest BCUT2D eigenvalue weighted by molar-refractivity contribution is 0.843. The summed E-state index contributed by atoms with van der Waals surface area (Å²) in [6.45, 7) is 1.92. The van der Waals surface area contributed by atoms with Gasteiger partial charge in [0.05, 0.1) is 12.5 Å². The van der Waals surface area contributed by atoms with Crippen molar-refractivity contribution in [2.45, 2.75) is 6.92 Å². The second kappa shape index (κ2) is 2.69. The van der Waals surface area contributed by atoms with Crippen molar-refractivity contribution in [1.29, 1.82) is 0 Å². The van der Waals surface area contributed by atoms with Crippen LogP contribution in [0.25, 0.3) is 11.5 Å². The SMILES string of the molecule is Cc1nnc(-c2cncn2C)n1C. The number of aryl methyl sites for hydroxylation is 2. The summed E-state index contributed by atoms with van der Waals surface area (Å²) in [4.78, 5) is 4.03. The molecule has 2 rings (SSSR count). The monoisotopic (exact) mass is 177 g/mol. The van der Waals surface area contributed by atoms with Gasteiger partial charge >= 0.3 is 0 Å². The maximum atomic E-state index is 4.07. The van der Waals surface area contributed by atoms with E-state index in [1.807, 2.05) is 30.2 Å². The van der Waals surface area contributed by atoms with Crippen LogP contribution in [0.1, 0.15) is 5.82 Å². The van der Waals surface area contributed by atoms with E-state index in [1.54, 1.807) is 12.5 Å². The maximum absolute atomic E-state index is 4.07. The Hall–Kier alpha value is -1.65. The standard InChI is InChI=1S/C8H11N5/c1-6-10-11-8(13(6)3)7-4-9-5-12(7)2/h4-5H,1-3H3. The summed E-state index contributed by atoms with van der Waals surface area (Å²) in [5.74, 6) is 1.74. The van der Waals surface area contributed by atoms with Crippen molar-refractivity contribution >= 4 is 0 Å². The van der Waals surface area contributed by atoms with Gasteiger partial charge in [-0.3, -0.25) is 0 Å². The van der Waals surface area contributed by atoms with E-state index in [9.17, 15) is 0 Å². The third-order valence-corrected chi connectivity index (χ3v) is 2.14. The predicted molar refractivity (Wildman–Crippen MR) is 47.9 cm³/mol. The number of aromatic nitrogens is 5. The molecule has 5 nitrogen and oxygen atoms in total. The molecule has 68 valence electrons. The fourth-order valence-electron chi connectivity index (χ4n) is 1.20. The van der Waals surface area contributed by atoms with Crippen LogP contribution in [0.2, 0.25) is 0 Å². The van der Waals surface area contributed by atoms with Crippen molar-refractivity contribution in [3.63, 3.8) is 0 Å². The lowest BCUT2D eigenvalue weighted by atomic mass is 10.4. The molecule has 0 spiro atoms. The van der Waals surface area contributed by atoms with Gasteiger partial charge < -0.3 is 9.13 Å². The van der Waals surface area contributed by atoms with Crippen molar-refractivity contribution in [1.82, 2.24) is 24.3 Å². The van der Waals surface area contributed by atoms with Crippen LogP contribution in [0.4, 0.5) is 0 Å². The molecule has 2 aromatic heterocycles. The van der Waals surface area contributed by atoms with Crippen LogP contribution in [-0.2, 0) is 14.1 Å². The summed E-state index contributed by atoms with van der Waals surface area (Å²) in [5, 5.41) is 8.06. The molecule has 0 aliphatic carbocycles. The third kappa shape index (κ3) is 1.12. The van der Waals surface area contributed by atoms with Gasteiger partial charge in [-0.05, 0) is 6.92 Å². The van der Waals surface area contributed by atoms with Crippen LogP contribution in [0.15, 0.2) is 12.5 Å². The van der Waals surface area contributed by atoms with E-state index in [1.165, 1.54) is 0 Å². The van der Waals surface area contributed by atoms with E-state index in [-0.39, 0.29) is 0 Å². The average molecular weight is 177 g/mol. The van der Waals surface area contributed by atoms with Gasteiger partial charge in [-0.15, -0.1) is 10.2 Å². The Morgan fingerprint density at radius 2 is 2.00 bits per heavy atom. The Labute approximate surface area is 76.0 Å². The van der Waals surface area contributed by atoms with Gasteiger partial charge in [0.25, 0.3) is 0 Å². The number of imidazole rings is 1. The number of nitrogens with zero attached hydrogens (tertiary/aromatic N) is 5. The molecule has 5 heteroatoms. The van der Waals surface area contributed by atoms with Crippen molar-refractivity contribution < 1.29 is 0 Å². The zero-order chi connectivity index (χ0) is 9.42. The van der Waals surface area contributed by atoms with Gasteiger partial charge in [0.1, 0.15) is 11.5 Å². The van der Waals surface area contributed by atoms with Gasteiger partial charge in [0.15, 0.2) is 5.82 Å². The largest absolute Gasteiger partial charge is 0.331 e. The Balaban J connectivity index is 2.59. The zero-order valence-electron chi connectivity index (χ0n) is 7.89. The Kier molecular flexibility index (Phi) is 1.65. The highest BCUT2D eigenvalue weighted by molar-refractivity contribution is 5.48. The lowest BCUT2D eigenvalue weighted by Gasteiger charge is -2.01. The first-order chi connectivity index (χ1) is 6.20.